The van der Waals surface area contributed by atoms with Gasteiger partial charge in [-0.2, -0.15) is 0 Å². The molecule has 3 fully saturated rings. The third-order valence-corrected chi connectivity index (χ3v) is 13.1. The molecule has 9 rings (SSSR count). The summed E-state index contributed by atoms with van der Waals surface area (Å²) >= 11 is 1.52. The normalized spacial score (nSPS) is 19.3. The van der Waals surface area contributed by atoms with Crippen molar-refractivity contribution in [3.63, 3.8) is 0 Å². The van der Waals surface area contributed by atoms with Crippen molar-refractivity contribution in [1.29, 1.82) is 0 Å². The summed E-state index contributed by atoms with van der Waals surface area (Å²) in [5.41, 5.74) is 5.17. The number of phenolic OH excluding ortho intramolecular Hbond substituents is 1. The Balaban J connectivity index is 0.772. The molecule has 4 N–H and O–H groups in total. The van der Waals surface area contributed by atoms with Crippen LogP contribution in [0.25, 0.3) is 20.5 Å². The lowest BCUT2D eigenvalue weighted by Gasteiger charge is -2.40. The zero-order valence-corrected chi connectivity index (χ0v) is 32.3. The molecule has 4 aromatic carbocycles. The highest BCUT2D eigenvalue weighted by molar-refractivity contribution is 7.22. The van der Waals surface area contributed by atoms with Crippen LogP contribution in [0.2, 0.25) is 0 Å². The van der Waals surface area contributed by atoms with Crippen molar-refractivity contribution in [2.45, 2.75) is 38.3 Å². The third kappa shape index (κ3) is 7.57. The number of piperazine rings is 1. The number of rotatable bonds is 9. The second-order valence-corrected chi connectivity index (χ2v) is 16.5. The van der Waals surface area contributed by atoms with Gasteiger partial charge >= 0.3 is 7.12 Å². The smallest absolute Gasteiger partial charge is 0.488 e. The first kappa shape index (κ1) is 37.2. The van der Waals surface area contributed by atoms with Crippen LogP contribution in [-0.2, 0) is 16.1 Å². The number of carbonyl (C=O) groups is 3. The first-order valence-corrected chi connectivity index (χ1v) is 20.5. The molecule has 0 spiro atoms. The van der Waals surface area contributed by atoms with Crippen molar-refractivity contribution in [2.75, 3.05) is 55.6 Å². The first-order chi connectivity index (χ1) is 27.7. The van der Waals surface area contributed by atoms with Crippen molar-refractivity contribution in [3.8, 4) is 27.7 Å². The molecule has 12 nitrogen and oxygen atoms in total. The minimum atomic E-state index is -1.54. The van der Waals surface area contributed by atoms with E-state index in [2.05, 4.69) is 38.2 Å². The van der Waals surface area contributed by atoms with Crippen molar-refractivity contribution < 1.29 is 34.3 Å². The average molecular weight is 786 g/mol. The maximum atomic E-state index is 13.1. The molecule has 0 bridgehead atoms. The van der Waals surface area contributed by atoms with E-state index in [1.165, 1.54) is 11.3 Å². The maximum Gasteiger partial charge on any atom is 0.488 e. The molecule has 4 aliphatic rings. The van der Waals surface area contributed by atoms with Gasteiger partial charge in [-0.3, -0.25) is 24.6 Å². The van der Waals surface area contributed by atoms with E-state index in [4.69, 9.17) is 4.74 Å². The number of phenols is 1. The molecule has 1 unspecified atom stereocenters. The Kier molecular flexibility index (Phi) is 10.1. The van der Waals surface area contributed by atoms with E-state index in [9.17, 15) is 29.5 Å². The molecule has 0 aliphatic carbocycles. The van der Waals surface area contributed by atoms with Gasteiger partial charge in [-0.1, -0.05) is 24.3 Å². The van der Waals surface area contributed by atoms with Crippen LogP contribution in [0.15, 0.2) is 84.9 Å². The third-order valence-electron chi connectivity index (χ3n) is 11.9. The average Bonchev–Trinajstić information content (AvgIpc) is 3.74. The van der Waals surface area contributed by atoms with Crippen molar-refractivity contribution in [1.82, 2.24) is 15.1 Å². The Morgan fingerprint density at radius 1 is 0.789 bits per heavy atom. The fourth-order valence-corrected chi connectivity index (χ4v) is 9.86. The highest BCUT2D eigenvalue weighted by Gasteiger charge is 2.39. The molecule has 3 amide bonds. The van der Waals surface area contributed by atoms with Crippen LogP contribution in [0.3, 0.4) is 0 Å². The lowest BCUT2D eigenvalue weighted by atomic mass is 9.80. The fourth-order valence-electron chi connectivity index (χ4n) is 8.69. The number of benzene rings is 4. The number of nitrogens with zero attached hydrogens (tertiary/aromatic N) is 4. The van der Waals surface area contributed by atoms with E-state index in [1.807, 2.05) is 42.5 Å². The van der Waals surface area contributed by atoms with E-state index in [1.54, 1.807) is 29.2 Å². The number of anilines is 2. The van der Waals surface area contributed by atoms with Crippen LogP contribution in [0.5, 0.6) is 17.2 Å². The molecule has 1 atom stereocenters. The summed E-state index contributed by atoms with van der Waals surface area (Å²) in [5.74, 6) is 1.42. The molecule has 1 aromatic heterocycles. The second-order valence-electron chi connectivity index (χ2n) is 15.5. The highest BCUT2D eigenvalue weighted by atomic mass is 32.1. The number of aromatic hydroxyl groups is 1. The molecule has 0 saturated carbocycles. The highest BCUT2D eigenvalue weighted by Crippen LogP contribution is 2.47. The predicted octanol–water partition coefficient (Wildman–Crippen LogP) is 4.55. The van der Waals surface area contributed by atoms with Gasteiger partial charge in [-0.15, -0.1) is 11.3 Å². The number of hydrogen-bond donors (Lipinski definition) is 4. The number of nitrogens with one attached hydrogen (secondary N) is 1. The molecule has 0 radical (unpaired) electrons. The van der Waals surface area contributed by atoms with Gasteiger partial charge in [0.25, 0.3) is 5.91 Å². The van der Waals surface area contributed by atoms with Crippen molar-refractivity contribution in [2.24, 2.45) is 5.92 Å². The maximum absolute atomic E-state index is 13.1. The Morgan fingerprint density at radius 2 is 1.51 bits per heavy atom. The Morgan fingerprint density at radius 3 is 2.23 bits per heavy atom. The lowest BCUT2D eigenvalue weighted by molar-refractivity contribution is -0.136. The fraction of sp³-hybridized carbons (Fsp3) is 0.326. The van der Waals surface area contributed by atoms with E-state index < -0.39 is 13.2 Å². The number of ether oxygens (including phenoxy) is 1. The summed E-state index contributed by atoms with van der Waals surface area (Å²) in [6.45, 7) is 7.32. The van der Waals surface area contributed by atoms with E-state index in [-0.39, 0.29) is 29.9 Å². The molecule has 5 aromatic rings. The number of piperidine rings is 2. The molecule has 292 valence electrons. The Hall–Kier alpha value is -5.41. The van der Waals surface area contributed by atoms with Crippen LogP contribution in [-0.4, -0.2) is 102 Å². The molecule has 14 heteroatoms. The van der Waals surface area contributed by atoms with Crippen LogP contribution in [0.1, 0.15) is 41.6 Å². The quantitative estimate of drug-likeness (QED) is 0.124. The second kappa shape index (κ2) is 15.5. The topological polar surface area (TPSA) is 146 Å². The van der Waals surface area contributed by atoms with Gasteiger partial charge in [-0.05, 0) is 102 Å². The van der Waals surface area contributed by atoms with Crippen LogP contribution >= 0.6 is 11.3 Å². The SMILES string of the molecule is O=C1CCC(N2Cc3cc(N4CCC(CN5CCN(c6ccc(Oc7c(-c8ccc(B(O)O)cc8)sc8cc(O)ccc78)cc6)CC5)CC4)ccc3C2=O)C(=O)N1. The molecular weight excluding hydrogens is 741 g/mol. The van der Waals surface area contributed by atoms with Gasteiger partial charge in [0.1, 0.15) is 17.5 Å². The number of thiophene rings is 1. The van der Waals surface area contributed by atoms with Crippen LogP contribution < -0.4 is 25.3 Å². The zero-order chi connectivity index (χ0) is 39.2. The largest absolute Gasteiger partial charge is 0.508 e. The number of amides is 3. The summed E-state index contributed by atoms with van der Waals surface area (Å²) in [6, 6.07) is 26.0. The molecular formula is C43H44BN5O7S. The van der Waals surface area contributed by atoms with Gasteiger partial charge in [-0.25, -0.2) is 0 Å². The van der Waals surface area contributed by atoms with Crippen molar-refractivity contribution in [3.05, 3.63) is 96.1 Å². The van der Waals surface area contributed by atoms with Crippen LogP contribution in [0.4, 0.5) is 11.4 Å². The molecule has 4 aliphatic heterocycles. The standard InChI is InChI=1S/C43H44BN5O7S/c50-33-8-12-36-38(24-33)57-41(28-1-3-30(4-2-28)44(54)55)40(36)56-34-9-5-31(6-10-34)48-21-19-46(20-22-48)25-27-15-17-47(18-16-27)32-7-11-35-29(23-32)26-49(43(35)53)37-13-14-39(51)45-42(37)52/h1-12,23-24,27,37,50,54-55H,13-22,25-26H2,(H,45,51,52). The van der Waals surface area contributed by atoms with Crippen LogP contribution in [0, 0.1) is 5.92 Å². The van der Waals surface area contributed by atoms with Crippen molar-refractivity contribution >= 4 is 63.1 Å². The summed E-state index contributed by atoms with van der Waals surface area (Å²) in [4.78, 5) is 47.2. The number of fused-ring (bicyclic) bond motifs is 2. The minimum absolute atomic E-state index is 0.136. The van der Waals surface area contributed by atoms with Gasteiger partial charge in [0.05, 0.1) is 4.88 Å². The number of imide groups is 1. The summed E-state index contributed by atoms with van der Waals surface area (Å²) < 4.78 is 7.43. The number of hydrogen-bond acceptors (Lipinski definition) is 11. The van der Waals surface area contributed by atoms with E-state index in [0.717, 1.165) is 96.1 Å². The first-order valence-electron chi connectivity index (χ1n) is 19.7. The van der Waals surface area contributed by atoms with Gasteiger partial charge in [0, 0.05) is 85.8 Å². The number of carbonyl (C=O) groups excluding carboxylic acids is 3. The predicted molar refractivity (Wildman–Crippen MR) is 221 cm³/mol. The van der Waals surface area contributed by atoms with Gasteiger partial charge < -0.3 is 34.6 Å². The Bertz CT molecular complexity index is 2320. The molecule has 5 heterocycles. The van der Waals surface area contributed by atoms with Gasteiger partial charge in [0.2, 0.25) is 11.8 Å². The zero-order valence-electron chi connectivity index (χ0n) is 31.5. The monoisotopic (exact) mass is 785 g/mol. The summed E-state index contributed by atoms with van der Waals surface area (Å²) in [5, 5.41) is 32.5. The van der Waals surface area contributed by atoms with E-state index >= 15 is 0 Å². The summed E-state index contributed by atoms with van der Waals surface area (Å²) in [6.07, 6.45) is 2.84. The van der Waals surface area contributed by atoms with E-state index in [0.29, 0.717) is 41.4 Å². The summed E-state index contributed by atoms with van der Waals surface area (Å²) in [7, 11) is -1.54. The molecule has 57 heavy (non-hydrogen) atoms. The van der Waals surface area contributed by atoms with Gasteiger partial charge in [0.15, 0.2) is 5.75 Å². The Labute approximate surface area is 335 Å². The molecule has 3 saturated heterocycles. The lowest BCUT2D eigenvalue weighted by Crippen LogP contribution is -2.52. The minimum Gasteiger partial charge on any atom is -0.508 e.